The van der Waals surface area contributed by atoms with Crippen LogP contribution >= 0.6 is 11.6 Å². The standard InChI is InChI=1S/C27H31ClN4O4.H2/c1-26(2,3)36-25(34)31-21-15-17(28)9-10-18(21)24(33)32-13-11-27(12-14-32)20(16-29)23(30-4)19-7-5-6-8-22(19)35-27;/h5-10,15-16H,11-14,29H2,1-4H3,(H,31,34);1H. The van der Waals surface area contributed by atoms with E-state index in [0.29, 0.717) is 42.2 Å². The molecule has 0 atom stereocenters. The van der Waals surface area contributed by atoms with E-state index in [1.807, 2.05) is 24.3 Å². The van der Waals surface area contributed by atoms with Gasteiger partial charge in [-0.3, -0.25) is 15.1 Å². The van der Waals surface area contributed by atoms with Crippen LogP contribution in [0.15, 0.2) is 59.2 Å². The van der Waals surface area contributed by atoms with Crippen molar-refractivity contribution in [3.8, 4) is 5.75 Å². The van der Waals surface area contributed by atoms with Crippen LogP contribution in [0.4, 0.5) is 10.5 Å². The summed E-state index contributed by atoms with van der Waals surface area (Å²) in [6.07, 6.45) is 1.99. The third kappa shape index (κ3) is 5.04. The summed E-state index contributed by atoms with van der Waals surface area (Å²) in [4.78, 5) is 32.2. The van der Waals surface area contributed by atoms with Gasteiger partial charge in [-0.25, -0.2) is 4.79 Å². The average molecular weight is 513 g/mol. The van der Waals surface area contributed by atoms with E-state index in [9.17, 15) is 9.59 Å². The lowest BCUT2D eigenvalue weighted by Crippen LogP contribution is -2.54. The number of carbonyl (C=O) groups excluding carboxylic acids is 2. The van der Waals surface area contributed by atoms with E-state index in [1.54, 1.807) is 57.1 Å². The van der Waals surface area contributed by atoms with Crippen LogP contribution in [0.25, 0.3) is 0 Å². The molecule has 2 aliphatic rings. The minimum Gasteiger partial charge on any atom is -0.482 e. The topological polar surface area (TPSA) is 106 Å². The first-order chi connectivity index (χ1) is 17.1. The molecular weight excluding hydrogens is 480 g/mol. The largest absolute Gasteiger partial charge is 0.482 e. The summed E-state index contributed by atoms with van der Waals surface area (Å²) in [5.74, 6) is 0.538. The minimum absolute atomic E-state index is 0. The predicted molar refractivity (Wildman–Crippen MR) is 143 cm³/mol. The maximum absolute atomic E-state index is 13.5. The van der Waals surface area contributed by atoms with Crippen LogP contribution < -0.4 is 15.8 Å². The monoisotopic (exact) mass is 512 g/mol. The van der Waals surface area contributed by atoms with Crippen LogP contribution in [0.5, 0.6) is 5.75 Å². The second kappa shape index (κ2) is 9.85. The summed E-state index contributed by atoms with van der Waals surface area (Å²) in [6.45, 7) is 6.17. The number of ether oxygens (including phenoxy) is 2. The fraction of sp³-hybridized carbons (Fsp3) is 0.370. The van der Waals surface area contributed by atoms with E-state index in [0.717, 1.165) is 22.6 Å². The van der Waals surface area contributed by atoms with E-state index >= 15 is 0 Å². The Morgan fingerprint density at radius 2 is 1.92 bits per heavy atom. The number of aliphatic imine (C=N–C) groups is 1. The van der Waals surface area contributed by atoms with Crippen molar-refractivity contribution in [2.75, 3.05) is 25.5 Å². The molecule has 3 N–H and O–H groups in total. The van der Waals surface area contributed by atoms with Crippen LogP contribution in [0.1, 0.15) is 51.0 Å². The summed E-state index contributed by atoms with van der Waals surface area (Å²) in [5.41, 5.74) is 7.89. The summed E-state index contributed by atoms with van der Waals surface area (Å²) in [5, 5.41) is 3.06. The zero-order valence-electron chi connectivity index (χ0n) is 20.9. The Morgan fingerprint density at radius 3 is 2.56 bits per heavy atom. The number of halogens is 1. The van der Waals surface area contributed by atoms with Crippen molar-refractivity contribution < 1.29 is 20.5 Å². The Bertz CT molecular complexity index is 1250. The summed E-state index contributed by atoms with van der Waals surface area (Å²) < 4.78 is 11.9. The van der Waals surface area contributed by atoms with E-state index in [1.165, 1.54) is 0 Å². The lowest BCUT2D eigenvalue weighted by atomic mass is 9.78. The first kappa shape index (κ1) is 25.6. The molecule has 0 saturated carbocycles. The van der Waals surface area contributed by atoms with Crippen LogP contribution in [-0.2, 0) is 4.74 Å². The molecule has 9 heteroatoms. The second-order valence-electron chi connectivity index (χ2n) is 9.85. The van der Waals surface area contributed by atoms with Gasteiger partial charge in [-0.15, -0.1) is 0 Å². The van der Waals surface area contributed by atoms with Gasteiger partial charge in [-0.1, -0.05) is 23.7 Å². The number of benzene rings is 2. The highest BCUT2D eigenvalue weighted by molar-refractivity contribution is 6.31. The van der Waals surface area contributed by atoms with Gasteiger partial charge in [0.15, 0.2) is 0 Å². The number of hydrogen-bond donors (Lipinski definition) is 2. The van der Waals surface area contributed by atoms with Crippen molar-refractivity contribution in [3.63, 3.8) is 0 Å². The molecule has 1 spiro atoms. The molecule has 0 bridgehead atoms. The number of carbonyl (C=O) groups is 2. The van der Waals surface area contributed by atoms with Crippen LogP contribution in [-0.4, -0.2) is 54.0 Å². The maximum Gasteiger partial charge on any atom is 0.412 e. The highest BCUT2D eigenvalue weighted by atomic mass is 35.5. The molecular formula is C27H33ClN4O4. The van der Waals surface area contributed by atoms with E-state index in [-0.39, 0.29) is 7.33 Å². The molecule has 1 saturated heterocycles. The Labute approximate surface area is 217 Å². The van der Waals surface area contributed by atoms with Crippen molar-refractivity contribution in [3.05, 3.63) is 70.4 Å². The normalized spacial score (nSPS) is 19.1. The van der Waals surface area contributed by atoms with Crippen molar-refractivity contribution in [1.82, 2.24) is 4.90 Å². The SMILES string of the molecule is CN=C1C(=CN)C2(CCN(C(=O)c3ccc(Cl)cc3NC(=O)OC(C)(C)C)CC2)Oc2ccccc21.[HH]. The second-order valence-corrected chi connectivity index (χ2v) is 10.3. The number of amides is 2. The van der Waals surface area contributed by atoms with Crippen LogP contribution in [0.2, 0.25) is 5.02 Å². The number of para-hydroxylation sites is 1. The number of likely N-dealkylation sites (tertiary alicyclic amines) is 1. The third-order valence-corrected chi connectivity index (χ3v) is 6.52. The van der Waals surface area contributed by atoms with Gasteiger partial charge in [-0.05, 0) is 51.1 Å². The van der Waals surface area contributed by atoms with Gasteiger partial charge in [0.25, 0.3) is 5.91 Å². The number of rotatable bonds is 2. The molecule has 8 nitrogen and oxygen atoms in total. The van der Waals surface area contributed by atoms with Crippen molar-refractivity contribution >= 4 is 35.0 Å². The van der Waals surface area contributed by atoms with Crippen LogP contribution in [0, 0.1) is 0 Å². The highest BCUT2D eigenvalue weighted by Gasteiger charge is 2.46. The first-order valence-electron chi connectivity index (χ1n) is 11.8. The zero-order chi connectivity index (χ0) is 26.1. The highest BCUT2D eigenvalue weighted by Crippen LogP contribution is 2.43. The Hall–Kier alpha value is -3.52. The number of nitrogens with one attached hydrogen (secondary N) is 1. The van der Waals surface area contributed by atoms with Crippen LogP contribution in [0.3, 0.4) is 0 Å². The molecule has 1 fully saturated rings. The Morgan fingerprint density at radius 1 is 1.22 bits per heavy atom. The van der Waals surface area contributed by atoms with Gasteiger partial charge in [0.1, 0.15) is 17.0 Å². The number of fused-ring (bicyclic) bond motifs is 1. The molecule has 4 rings (SSSR count). The molecule has 2 aliphatic heterocycles. The number of hydrogen-bond acceptors (Lipinski definition) is 6. The van der Waals surface area contributed by atoms with Gasteiger partial charge in [0.05, 0.1) is 17.0 Å². The van der Waals surface area contributed by atoms with E-state index in [4.69, 9.17) is 26.8 Å². The van der Waals surface area contributed by atoms with Crippen molar-refractivity contribution in [2.45, 2.75) is 44.8 Å². The molecule has 36 heavy (non-hydrogen) atoms. The average Bonchev–Trinajstić information content (AvgIpc) is 2.82. The van der Waals surface area contributed by atoms with Gasteiger partial charge >= 0.3 is 6.09 Å². The lowest BCUT2D eigenvalue weighted by Gasteiger charge is -2.46. The number of nitrogens with zero attached hydrogens (tertiary/aromatic N) is 2. The molecule has 0 aliphatic carbocycles. The smallest absolute Gasteiger partial charge is 0.412 e. The zero-order valence-corrected chi connectivity index (χ0v) is 21.7. The molecule has 0 unspecified atom stereocenters. The fourth-order valence-electron chi connectivity index (χ4n) is 4.68. The molecule has 192 valence electrons. The van der Waals surface area contributed by atoms with Gasteiger partial charge in [0.2, 0.25) is 0 Å². The van der Waals surface area contributed by atoms with E-state index < -0.39 is 17.3 Å². The quantitative estimate of drug-likeness (QED) is 0.570. The maximum atomic E-state index is 13.5. The van der Waals surface area contributed by atoms with Gasteiger partial charge < -0.3 is 20.1 Å². The molecule has 0 aromatic heterocycles. The van der Waals surface area contributed by atoms with Crippen molar-refractivity contribution in [1.29, 1.82) is 0 Å². The number of anilines is 1. The molecule has 2 aromatic carbocycles. The lowest BCUT2D eigenvalue weighted by molar-refractivity contribution is 0.0285. The molecule has 2 heterocycles. The summed E-state index contributed by atoms with van der Waals surface area (Å²) in [6, 6.07) is 12.5. The first-order valence-corrected chi connectivity index (χ1v) is 12.2. The summed E-state index contributed by atoms with van der Waals surface area (Å²) in [7, 11) is 1.74. The van der Waals surface area contributed by atoms with E-state index in [2.05, 4.69) is 10.3 Å². The van der Waals surface area contributed by atoms with Gasteiger partial charge in [0, 0.05) is 56.8 Å². The Kier molecular flexibility index (Phi) is 7.00. The molecule has 2 aromatic rings. The fourth-order valence-corrected chi connectivity index (χ4v) is 4.85. The third-order valence-electron chi connectivity index (χ3n) is 6.29. The van der Waals surface area contributed by atoms with Gasteiger partial charge in [-0.2, -0.15) is 0 Å². The number of piperidine rings is 1. The van der Waals surface area contributed by atoms with Crippen molar-refractivity contribution in [2.24, 2.45) is 10.7 Å². The molecule has 2 amide bonds. The molecule has 0 radical (unpaired) electrons. The predicted octanol–water partition coefficient (Wildman–Crippen LogP) is 5.26. The number of nitrogens with two attached hydrogens (primary N) is 1. The minimum atomic E-state index is -0.679. The Balaban J connectivity index is 0.00000380. The summed E-state index contributed by atoms with van der Waals surface area (Å²) >= 11 is 6.16.